The molecule has 1 unspecified atom stereocenters. The number of para-hydroxylation sites is 1. The first-order valence-electron chi connectivity index (χ1n) is 6.22. The molecule has 2 aromatic rings. The molecule has 0 saturated heterocycles. The van der Waals surface area contributed by atoms with E-state index in [9.17, 15) is 4.79 Å². The van der Waals surface area contributed by atoms with E-state index in [0.29, 0.717) is 11.4 Å². The van der Waals surface area contributed by atoms with Crippen LogP contribution in [-0.4, -0.2) is 5.91 Å². The maximum Gasteiger partial charge on any atom is 0.241 e. The van der Waals surface area contributed by atoms with Crippen LogP contribution in [0.3, 0.4) is 0 Å². The van der Waals surface area contributed by atoms with E-state index in [-0.39, 0.29) is 5.91 Å². The van der Waals surface area contributed by atoms with Crippen molar-refractivity contribution in [3.8, 4) is 17.6 Å². The van der Waals surface area contributed by atoms with Crippen LogP contribution in [0, 0.1) is 17.2 Å². The third-order valence-electron chi connectivity index (χ3n) is 2.69. The number of ether oxygens (including phenoxy) is 1. The number of rotatable bonds is 4. The van der Waals surface area contributed by atoms with E-state index in [0.717, 1.165) is 5.75 Å². The average Bonchev–Trinajstić information content (AvgIpc) is 2.49. The molecule has 0 heterocycles. The predicted octanol–water partition coefficient (Wildman–Crippen LogP) is 3.58. The van der Waals surface area contributed by atoms with Crippen LogP contribution in [-0.2, 0) is 4.79 Å². The van der Waals surface area contributed by atoms with Gasteiger partial charge in [0.1, 0.15) is 17.4 Å². The molecule has 20 heavy (non-hydrogen) atoms. The van der Waals surface area contributed by atoms with Crippen LogP contribution in [0.15, 0.2) is 54.6 Å². The summed E-state index contributed by atoms with van der Waals surface area (Å²) in [6.45, 7) is 1.56. The molecule has 1 N–H and O–H groups in total. The standard InChI is InChI=1S/C16H14N2O2/c1-12(11-17)16(19)18-13-7-9-15(10-8-13)20-14-5-3-2-4-6-14/h2-10,12H,1H3,(H,18,19). The Labute approximate surface area is 117 Å². The van der Waals surface area contributed by atoms with Crippen LogP contribution in [0.5, 0.6) is 11.5 Å². The van der Waals surface area contributed by atoms with Gasteiger partial charge < -0.3 is 10.1 Å². The fraction of sp³-hybridized carbons (Fsp3) is 0.125. The van der Waals surface area contributed by atoms with E-state index in [1.807, 2.05) is 36.4 Å². The van der Waals surface area contributed by atoms with Gasteiger partial charge in [0.25, 0.3) is 0 Å². The fourth-order valence-corrected chi connectivity index (χ4v) is 1.54. The molecule has 0 spiro atoms. The first kappa shape index (κ1) is 13.6. The molecular weight excluding hydrogens is 252 g/mol. The summed E-state index contributed by atoms with van der Waals surface area (Å²) >= 11 is 0. The Morgan fingerprint density at radius 3 is 2.30 bits per heavy atom. The molecule has 0 radical (unpaired) electrons. The van der Waals surface area contributed by atoms with Gasteiger partial charge in [0.2, 0.25) is 5.91 Å². The van der Waals surface area contributed by atoms with Gasteiger partial charge in [-0.1, -0.05) is 18.2 Å². The van der Waals surface area contributed by atoms with Crippen LogP contribution in [0.2, 0.25) is 0 Å². The SMILES string of the molecule is CC(C#N)C(=O)Nc1ccc(Oc2ccccc2)cc1. The number of carbonyl (C=O) groups excluding carboxylic acids is 1. The van der Waals surface area contributed by atoms with Crippen LogP contribution in [0.25, 0.3) is 0 Å². The number of hydrogen-bond acceptors (Lipinski definition) is 3. The van der Waals surface area contributed by atoms with Crippen molar-refractivity contribution in [3.05, 3.63) is 54.6 Å². The van der Waals surface area contributed by atoms with Gasteiger partial charge in [-0.3, -0.25) is 4.79 Å². The third-order valence-corrected chi connectivity index (χ3v) is 2.69. The highest BCUT2D eigenvalue weighted by molar-refractivity contribution is 5.93. The zero-order valence-electron chi connectivity index (χ0n) is 11.0. The average molecular weight is 266 g/mol. The number of hydrogen-bond donors (Lipinski definition) is 1. The molecule has 4 nitrogen and oxygen atoms in total. The van der Waals surface area contributed by atoms with Crippen molar-refractivity contribution < 1.29 is 9.53 Å². The van der Waals surface area contributed by atoms with Crippen LogP contribution in [0.4, 0.5) is 5.69 Å². The largest absolute Gasteiger partial charge is 0.457 e. The zero-order chi connectivity index (χ0) is 14.4. The Morgan fingerprint density at radius 2 is 1.70 bits per heavy atom. The van der Waals surface area contributed by atoms with Crippen molar-refractivity contribution in [2.45, 2.75) is 6.92 Å². The Morgan fingerprint density at radius 1 is 1.10 bits per heavy atom. The molecule has 2 rings (SSSR count). The van der Waals surface area contributed by atoms with Gasteiger partial charge in [0.05, 0.1) is 6.07 Å². The van der Waals surface area contributed by atoms with Crippen LogP contribution in [0.1, 0.15) is 6.92 Å². The van der Waals surface area contributed by atoms with Gasteiger partial charge in [0, 0.05) is 5.69 Å². The number of carbonyl (C=O) groups is 1. The molecule has 0 aliphatic carbocycles. The highest BCUT2D eigenvalue weighted by Gasteiger charge is 2.11. The lowest BCUT2D eigenvalue weighted by atomic mass is 10.2. The van der Waals surface area contributed by atoms with E-state index < -0.39 is 5.92 Å². The Balaban J connectivity index is 2.00. The van der Waals surface area contributed by atoms with E-state index in [1.165, 1.54) is 0 Å². The number of benzene rings is 2. The molecule has 0 aromatic heterocycles. The monoisotopic (exact) mass is 266 g/mol. The van der Waals surface area contributed by atoms with Crippen molar-refractivity contribution in [1.29, 1.82) is 5.26 Å². The second kappa shape index (κ2) is 6.39. The van der Waals surface area contributed by atoms with Gasteiger partial charge >= 0.3 is 0 Å². The number of anilines is 1. The summed E-state index contributed by atoms with van der Waals surface area (Å²) in [5, 5.41) is 11.3. The van der Waals surface area contributed by atoms with Gasteiger partial charge in [-0.15, -0.1) is 0 Å². The normalized spacial score (nSPS) is 11.2. The quantitative estimate of drug-likeness (QED) is 0.920. The van der Waals surface area contributed by atoms with E-state index in [1.54, 1.807) is 31.2 Å². The molecule has 2 aromatic carbocycles. The van der Waals surface area contributed by atoms with Gasteiger partial charge in [-0.25, -0.2) is 0 Å². The molecule has 0 saturated carbocycles. The summed E-state index contributed by atoms with van der Waals surface area (Å²) in [4.78, 5) is 11.6. The minimum Gasteiger partial charge on any atom is -0.457 e. The maximum atomic E-state index is 11.6. The molecule has 0 aliphatic heterocycles. The summed E-state index contributed by atoms with van der Waals surface area (Å²) in [6, 6.07) is 18.3. The second-order valence-corrected chi connectivity index (χ2v) is 4.28. The van der Waals surface area contributed by atoms with E-state index >= 15 is 0 Å². The Bertz CT molecular complexity index is 615. The number of nitriles is 1. The molecular formula is C16H14N2O2. The van der Waals surface area contributed by atoms with E-state index in [4.69, 9.17) is 10.00 Å². The Kier molecular flexibility index (Phi) is 4.35. The number of nitrogens with zero attached hydrogens (tertiary/aromatic N) is 1. The molecule has 1 amide bonds. The fourth-order valence-electron chi connectivity index (χ4n) is 1.54. The second-order valence-electron chi connectivity index (χ2n) is 4.28. The number of nitrogens with one attached hydrogen (secondary N) is 1. The molecule has 0 fully saturated rings. The van der Waals surface area contributed by atoms with Crippen molar-refractivity contribution in [2.75, 3.05) is 5.32 Å². The lowest BCUT2D eigenvalue weighted by molar-refractivity contribution is -0.117. The van der Waals surface area contributed by atoms with Crippen LogP contribution >= 0.6 is 0 Å². The first-order valence-corrected chi connectivity index (χ1v) is 6.22. The summed E-state index contributed by atoms with van der Waals surface area (Å²) < 4.78 is 5.64. The highest BCUT2D eigenvalue weighted by Crippen LogP contribution is 2.22. The van der Waals surface area contributed by atoms with Gasteiger partial charge in [-0.2, -0.15) is 5.26 Å². The summed E-state index contributed by atoms with van der Waals surface area (Å²) in [5.41, 5.74) is 0.637. The summed E-state index contributed by atoms with van der Waals surface area (Å²) in [6.07, 6.45) is 0. The summed E-state index contributed by atoms with van der Waals surface area (Å²) in [7, 11) is 0. The van der Waals surface area contributed by atoms with Gasteiger partial charge in [-0.05, 0) is 43.3 Å². The number of amides is 1. The van der Waals surface area contributed by atoms with Gasteiger partial charge in [0.15, 0.2) is 0 Å². The minimum atomic E-state index is -0.671. The van der Waals surface area contributed by atoms with Crippen molar-refractivity contribution >= 4 is 11.6 Å². The molecule has 0 bridgehead atoms. The first-order chi connectivity index (χ1) is 9.69. The minimum absolute atomic E-state index is 0.316. The lowest BCUT2D eigenvalue weighted by Gasteiger charge is -2.08. The molecule has 0 aliphatic rings. The topological polar surface area (TPSA) is 62.1 Å². The summed E-state index contributed by atoms with van der Waals surface area (Å²) in [5.74, 6) is 0.449. The zero-order valence-corrected chi connectivity index (χ0v) is 11.0. The van der Waals surface area contributed by atoms with Crippen molar-refractivity contribution in [3.63, 3.8) is 0 Å². The third kappa shape index (κ3) is 3.59. The van der Waals surface area contributed by atoms with E-state index in [2.05, 4.69) is 5.32 Å². The molecule has 1 atom stereocenters. The highest BCUT2D eigenvalue weighted by atomic mass is 16.5. The smallest absolute Gasteiger partial charge is 0.241 e. The van der Waals surface area contributed by atoms with Crippen molar-refractivity contribution in [1.82, 2.24) is 0 Å². The molecule has 4 heteroatoms. The Hall–Kier alpha value is -2.80. The molecule has 100 valence electrons. The lowest BCUT2D eigenvalue weighted by Crippen LogP contribution is -2.18. The predicted molar refractivity (Wildman–Crippen MR) is 76.4 cm³/mol. The maximum absolute atomic E-state index is 11.6. The van der Waals surface area contributed by atoms with Crippen molar-refractivity contribution in [2.24, 2.45) is 5.92 Å². The van der Waals surface area contributed by atoms with Crippen LogP contribution < -0.4 is 10.1 Å².